The van der Waals surface area contributed by atoms with Gasteiger partial charge in [-0.25, -0.2) is 0 Å². The van der Waals surface area contributed by atoms with Gasteiger partial charge in [0.1, 0.15) is 0 Å². The topological polar surface area (TPSA) is 0 Å². The van der Waals surface area contributed by atoms with Gasteiger partial charge in [0.2, 0.25) is 0 Å². The number of thioether (sulfide) groups is 1. The first kappa shape index (κ1) is 11.6. The summed E-state index contributed by atoms with van der Waals surface area (Å²) in [5.74, 6) is 1.18. The van der Waals surface area contributed by atoms with Crippen molar-refractivity contribution < 1.29 is 0 Å². The van der Waals surface area contributed by atoms with E-state index in [1.54, 1.807) is 0 Å². The highest BCUT2D eigenvalue weighted by Crippen LogP contribution is 2.20. The van der Waals surface area contributed by atoms with Crippen LogP contribution in [-0.2, 0) is 0 Å². The van der Waals surface area contributed by atoms with Gasteiger partial charge in [0, 0.05) is 5.75 Å². The molecule has 0 N–H and O–H groups in total. The fraction of sp³-hybridized carbons (Fsp3) is 0.455. The second-order valence-corrected chi connectivity index (χ2v) is 3.68. The molecule has 0 radical (unpaired) electrons. The fourth-order valence-electron chi connectivity index (χ4n) is 0.827. The molecule has 0 saturated carbocycles. The van der Waals surface area contributed by atoms with Crippen LogP contribution in [0.15, 0.2) is 35.8 Å². The van der Waals surface area contributed by atoms with Crippen LogP contribution in [0.4, 0.5) is 0 Å². The fourth-order valence-corrected chi connectivity index (χ4v) is 1.75. The minimum Gasteiger partial charge on any atom is -0.130 e. The number of rotatable bonds is 6. The van der Waals surface area contributed by atoms with E-state index < -0.39 is 0 Å². The van der Waals surface area contributed by atoms with Gasteiger partial charge in [0.05, 0.1) is 0 Å². The predicted molar refractivity (Wildman–Crippen MR) is 60.5 cm³/mol. The zero-order valence-electron chi connectivity index (χ0n) is 8.05. The molecule has 68 valence electrons. The monoisotopic (exact) mass is 182 g/mol. The minimum atomic E-state index is 1.01. The lowest BCUT2D eigenvalue weighted by Crippen LogP contribution is -1.78. The Morgan fingerprint density at radius 2 is 2.17 bits per heavy atom. The minimum absolute atomic E-state index is 1.01. The van der Waals surface area contributed by atoms with Crippen molar-refractivity contribution >= 4 is 11.8 Å². The Bertz CT molecular complexity index is 166. The molecule has 0 amide bonds. The van der Waals surface area contributed by atoms with Crippen molar-refractivity contribution in [2.45, 2.75) is 26.7 Å². The average molecular weight is 182 g/mol. The van der Waals surface area contributed by atoms with E-state index in [9.17, 15) is 0 Å². The highest BCUT2D eigenvalue weighted by atomic mass is 32.2. The molecule has 0 aromatic heterocycles. The molecule has 0 heterocycles. The van der Waals surface area contributed by atoms with Gasteiger partial charge in [-0.3, -0.25) is 0 Å². The van der Waals surface area contributed by atoms with Crippen molar-refractivity contribution in [3.63, 3.8) is 0 Å². The van der Waals surface area contributed by atoms with Crippen LogP contribution in [0.2, 0.25) is 0 Å². The SMILES string of the molecule is C=CC/C(=C\C)SCCC=CC. The molecule has 0 fully saturated rings. The summed E-state index contributed by atoms with van der Waals surface area (Å²) >= 11 is 1.92. The smallest absolute Gasteiger partial charge is 0.00114 e. The largest absolute Gasteiger partial charge is 0.130 e. The van der Waals surface area contributed by atoms with E-state index in [0.29, 0.717) is 0 Å². The molecule has 1 heteroatoms. The Morgan fingerprint density at radius 1 is 1.42 bits per heavy atom. The van der Waals surface area contributed by atoms with Crippen LogP contribution >= 0.6 is 11.8 Å². The van der Waals surface area contributed by atoms with Crippen LogP contribution in [0, 0.1) is 0 Å². The maximum absolute atomic E-state index is 3.72. The van der Waals surface area contributed by atoms with E-state index in [2.05, 4.69) is 38.7 Å². The number of hydrogen-bond donors (Lipinski definition) is 0. The van der Waals surface area contributed by atoms with Gasteiger partial charge in [0.15, 0.2) is 0 Å². The van der Waals surface area contributed by atoms with Gasteiger partial charge in [-0.2, -0.15) is 0 Å². The number of allylic oxidation sites excluding steroid dienone is 5. The molecule has 0 saturated heterocycles. The first-order valence-corrected chi connectivity index (χ1v) is 5.33. The van der Waals surface area contributed by atoms with E-state index >= 15 is 0 Å². The summed E-state index contributed by atoms with van der Waals surface area (Å²) in [7, 11) is 0. The molecule has 0 aliphatic heterocycles. The lowest BCUT2D eigenvalue weighted by atomic mass is 10.4. The van der Waals surface area contributed by atoms with Gasteiger partial charge in [-0.1, -0.05) is 24.3 Å². The van der Waals surface area contributed by atoms with Crippen LogP contribution in [0.25, 0.3) is 0 Å². The van der Waals surface area contributed by atoms with Crippen molar-refractivity contribution in [2.75, 3.05) is 5.75 Å². The molecule has 0 aromatic rings. The zero-order chi connectivity index (χ0) is 9.23. The summed E-state index contributed by atoms with van der Waals surface area (Å²) in [5, 5.41) is 0. The molecular weight excluding hydrogens is 164 g/mol. The molecule has 0 aliphatic rings. The summed E-state index contributed by atoms with van der Waals surface area (Å²) in [6.07, 6.45) is 10.6. The predicted octanol–water partition coefficient (Wildman–Crippen LogP) is 4.17. The maximum Gasteiger partial charge on any atom is 0.00114 e. The first-order chi connectivity index (χ1) is 5.85. The summed E-state index contributed by atoms with van der Waals surface area (Å²) in [6.45, 7) is 7.87. The third-order valence-corrected chi connectivity index (χ3v) is 2.69. The molecule has 0 aromatic carbocycles. The molecular formula is C11H18S. The molecule has 0 atom stereocenters. The molecule has 0 aliphatic carbocycles. The second kappa shape index (κ2) is 8.66. The molecule has 0 bridgehead atoms. The Morgan fingerprint density at radius 3 is 2.67 bits per heavy atom. The van der Waals surface area contributed by atoms with E-state index in [-0.39, 0.29) is 0 Å². The lowest BCUT2D eigenvalue weighted by Gasteiger charge is -2.01. The van der Waals surface area contributed by atoms with E-state index in [0.717, 1.165) is 12.8 Å². The Hall–Kier alpha value is -0.430. The van der Waals surface area contributed by atoms with Crippen molar-refractivity contribution in [1.29, 1.82) is 0 Å². The molecule has 0 unspecified atom stereocenters. The van der Waals surface area contributed by atoms with E-state index in [4.69, 9.17) is 0 Å². The van der Waals surface area contributed by atoms with Crippen LogP contribution in [0.1, 0.15) is 26.7 Å². The van der Waals surface area contributed by atoms with Gasteiger partial charge in [-0.15, -0.1) is 18.3 Å². The van der Waals surface area contributed by atoms with Gasteiger partial charge in [0.25, 0.3) is 0 Å². The van der Waals surface area contributed by atoms with Crippen LogP contribution in [0.3, 0.4) is 0 Å². The van der Waals surface area contributed by atoms with Gasteiger partial charge < -0.3 is 0 Å². The molecule has 12 heavy (non-hydrogen) atoms. The highest BCUT2D eigenvalue weighted by molar-refractivity contribution is 8.03. The molecule has 0 nitrogen and oxygen atoms in total. The standard InChI is InChI=1S/C11H18S/c1-4-7-8-10-12-11(6-3)9-5-2/h4-7H,2,8-10H2,1,3H3/b7-4?,11-6+. The first-order valence-electron chi connectivity index (χ1n) is 4.35. The van der Waals surface area contributed by atoms with Crippen molar-refractivity contribution in [3.05, 3.63) is 35.8 Å². The lowest BCUT2D eigenvalue weighted by molar-refractivity contribution is 1.23. The quantitative estimate of drug-likeness (QED) is 0.439. The summed E-state index contributed by atoms with van der Waals surface area (Å²) in [6, 6.07) is 0. The number of hydrogen-bond acceptors (Lipinski definition) is 1. The maximum atomic E-state index is 3.72. The van der Waals surface area contributed by atoms with Crippen molar-refractivity contribution in [1.82, 2.24) is 0 Å². The Labute approximate surface area is 80.4 Å². The van der Waals surface area contributed by atoms with Crippen LogP contribution in [-0.4, -0.2) is 5.75 Å². The third-order valence-electron chi connectivity index (χ3n) is 1.48. The summed E-state index contributed by atoms with van der Waals surface area (Å²) in [4.78, 5) is 1.43. The zero-order valence-corrected chi connectivity index (χ0v) is 8.86. The summed E-state index contributed by atoms with van der Waals surface area (Å²) in [5.41, 5.74) is 0. The van der Waals surface area contributed by atoms with E-state index in [1.807, 2.05) is 17.8 Å². The van der Waals surface area contributed by atoms with E-state index in [1.165, 1.54) is 10.7 Å². The highest BCUT2D eigenvalue weighted by Gasteiger charge is 1.92. The van der Waals surface area contributed by atoms with Crippen molar-refractivity contribution in [2.24, 2.45) is 0 Å². The second-order valence-electron chi connectivity index (χ2n) is 2.45. The van der Waals surface area contributed by atoms with Crippen LogP contribution < -0.4 is 0 Å². The molecule has 0 spiro atoms. The Balaban J connectivity index is 3.52. The Kier molecular flexibility index (Phi) is 8.35. The third kappa shape index (κ3) is 6.29. The van der Waals surface area contributed by atoms with Gasteiger partial charge in [-0.05, 0) is 31.6 Å². The normalized spacial score (nSPS) is 12.3. The molecule has 0 rings (SSSR count). The van der Waals surface area contributed by atoms with Gasteiger partial charge >= 0.3 is 0 Å². The van der Waals surface area contributed by atoms with Crippen LogP contribution in [0.5, 0.6) is 0 Å². The average Bonchev–Trinajstić information content (AvgIpc) is 2.10. The summed E-state index contributed by atoms with van der Waals surface area (Å²) < 4.78 is 0. The van der Waals surface area contributed by atoms with Crippen molar-refractivity contribution in [3.8, 4) is 0 Å².